The molecule has 0 radical (unpaired) electrons. The van der Waals surface area contributed by atoms with E-state index in [-0.39, 0.29) is 11.3 Å². The van der Waals surface area contributed by atoms with Gasteiger partial charge in [0.25, 0.3) is 0 Å². The van der Waals surface area contributed by atoms with Gasteiger partial charge in [-0.05, 0) is 31.2 Å². The summed E-state index contributed by atoms with van der Waals surface area (Å²) in [5, 5.41) is 0.534. The van der Waals surface area contributed by atoms with Crippen LogP contribution in [0.1, 0.15) is 21.8 Å². The normalized spacial score (nSPS) is 10.6. The van der Waals surface area contributed by atoms with Crippen molar-refractivity contribution in [3.63, 3.8) is 0 Å². The zero-order valence-corrected chi connectivity index (χ0v) is 14.8. The molecule has 2 aromatic heterocycles. The van der Waals surface area contributed by atoms with Gasteiger partial charge in [-0.25, -0.2) is 23.5 Å². The predicted octanol–water partition coefficient (Wildman–Crippen LogP) is 3.53. The Kier molecular flexibility index (Phi) is 5.60. The van der Waals surface area contributed by atoms with Gasteiger partial charge < -0.3 is 9.15 Å². The molecule has 0 fully saturated rings. The average molecular weight is 390 g/mol. The highest BCUT2D eigenvalue weighted by atomic mass is 32.2. The van der Waals surface area contributed by atoms with E-state index in [1.807, 2.05) is 6.92 Å². The maximum atomic E-state index is 13.2. The molecule has 0 N–H and O–H groups in total. The number of aromatic nitrogens is 2. The van der Waals surface area contributed by atoms with Crippen LogP contribution in [-0.4, -0.2) is 15.9 Å². The first-order valence-corrected chi connectivity index (χ1v) is 8.62. The largest absolute Gasteiger partial charge is 0.464 e. The highest BCUT2D eigenvalue weighted by molar-refractivity contribution is 7.98. The molecular formula is C18H12F2N2O4S. The molecule has 0 amide bonds. The second-order valence-corrected chi connectivity index (χ2v) is 6.31. The molecule has 6 nitrogen and oxygen atoms in total. The Bertz CT molecular complexity index is 1060. The van der Waals surface area contributed by atoms with Crippen molar-refractivity contribution in [2.24, 2.45) is 0 Å². The minimum Gasteiger partial charge on any atom is -0.464 e. The number of hydrogen-bond donors (Lipinski definition) is 0. The van der Waals surface area contributed by atoms with Gasteiger partial charge in [-0.3, -0.25) is 4.79 Å². The van der Waals surface area contributed by atoms with Crippen molar-refractivity contribution in [1.29, 1.82) is 0 Å². The van der Waals surface area contributed by atoms with E-state index in [1.54, 1.807) is 12.3 Å². The lowest BCUT2D eigenvalue weighted by molar-refractivity contribution is 0.0728. The number of rotatable bonds is 5. The van der Waals surface area contributed by atoms with Gasteiger partial charge in [0.15, 0.2) is 16.8 Å². The smallest absolute Gasteiger partial charge is 0.343 e. The summed E-state index contributed by atoms with van der Waals surface area (Å²) in [5.41, 5.74) is -0.00378. The minimum absolute atomic E-state index is 0.232. The average Bonchev–Trinajstić information content (AvgIpc) is 2.64. The summed E-state index contributed by atoms with van der Waals surface area (Å²) in [6, 6.07) is 5.47. The lowest BCUT2D eigenvalue weighted by Crippen LogP contribution is -2.15. The Balaban J connectivity index is 1.68. The molecule has 3 rings (SSSR count). The number of carbonyl (C=O) groups excluding carboxylic acids is 1. The van der Waals surface area contributed by atoms with Gasteiger partial charge in [0.2, 0.25) is 11.2 Å². The molecule has 9 heteroatoms. The minimum atomic E-state index is -1.19. The zero-order valence-electron chi connectivity index (χ0n) is 13.9. The van der Waals surface area contributed by atoms with Gasteiger partial charge in [-0.2, -0.15) is 0 Å². The van der Waals surface area contributed by atoms with Gasteiger partial charge >= 0.3 is 5.97 Å². The number of carbonyl (C=O) groups is 1. The maximum absolute atomic E-state index is 13.2. The first kappa shape index (κ1) is 18.7. The van der Waals surface area contributed by atoms with Gasteiger partial charge in [0.1, 0.15) is 12.0 Å². The van der Waals surface area contributed by atoms with Gasteiger partial charge in [-0.15, -0.1) is 0 Å². The molecule has 1 aromatic carbocycles. The van der Waals surface area contributed by atoms with Crippen LogP contribution in [0.15, 0.2) is 57.2 Å². The van der Waals surface area contributed by atoms with E-state index in [0.717, 1.165) is 24.1 Å². The second-order valence-electron chi connectivity index (χ2n) is 5.36. The summed E-state index contributed by atoms with van der Waals surface area (Å²) in [7, 11) is 0. The van der Waals surface area contributed by atoms with Crippen LogP contribution in [0.3, 0.4) is 0 Å². The number of thioether (sulfide) groups is 1. The molecule has 138 valence electrons. The van der Waals surface area contributed by atoms with Crippen molar-refractivity contribution in [2.45, 2.75) is 17.8 Å². The SMILES string of the molecule is Cc1ccnc(SCc2cc(=O)c(OC(=O)c3ccc(F)c(F)c3)co2)n1. The number of esters is 1. The number of aryl methyl sites for hydroxylation is 1. The van der Waals surface area contributed by atoms with Crippen molar-refractivity contribution in [3.05, 3.63) is 81.7 Å². The first-order chi connectivity index (χ1) is 12.9. The number of hydrogen-bond acceptors (Lipinski definition) is 7. The van der Waals surface area contributed by atoms with Crippen LogP contribution in [-0.2, 0) is 5.75 Å². The fraction of sp³-hybridized carbons (Fsp3) is 0.111. The summed E-state index contributed by atoms with van der Waals surface area (Å²) < 4.78 is 36.3. The van der Waals surface area contributed by atoms with Gasteiger partial charge in [0.05, 0.1) is 11.3 Å². The van der Waals surface area contributed by atoms with E-state index in [1.165, 1.54) is 17.8 Å². The van der Waals surface area contributed by atoms with Crippen molar-refractivity contribution in [1.82, 2.24) is 9.97 Å². The topological polar surface area (TPSA) is 82.3 Å². The summed E-state index contributed by atoms with van der Waals surface area (Å²) in [6.45, 7) is 1.84. The molecule has 0 saturated heterocycles. The molecule has 3 aromatic rings. The van der Waals surface area contributed by atoms with E-state index >= 15 is 0 Å². The monoisotopic (exact) mass is 390 g/mol. The number of halogens is 2. The number of ether oxygens (including phenoxy) is 1. The van der Waals surface area contributed by atoms with E-state index in [2.05, 4.69) is 9.97 Å². The Morgan fingerprint density at radius 2 is 2.04 bits per heavy atom. The zero-order chi connectivity index (χ0) is 19.4. The Labute approximate surface area is 156 Å². The van der Waals surface area contributed by atoms with Crippen LogP contribution in [0.25, 0.3) is 0 Å². The summed E-state index contributed by atoms with van der Waals surface area (Å²) in [4.78, 5) is 32.3. The summed E-state index contributed by atoms with van der Waals surface area (Å²) >= 11 is 1.28. The molecule has 0 aliphatic heterocycles. The molecule has 0 saturated carbocycles. The predicted molar refractivity (Wildman–Crippen MR) is 92.6 cm³/mol. The summed E-state index contributed by atoms with van der Waals surface area (Å²) in [6.07, 6.45) is 2.62. The third-order valence-corrected chi connectivity index (χ3v) is 4.21. The van der Waals surface area contributed by atoms with Crippen LogP contribution in [0.4, 0.5) is 8.78 Å². The fourth-order valence-corrected chi connectivity index (χ4v) is 2.77. The third-order valence-electron chi connectivity index (χ3n) is 3.33. The van der Waals surface area contributed by atoms with Crippen molar-refractivity contribution in [3.8, 4) is 5.75 Å². The standard InChI is InChI=1S/C18H12F2N2O4S/c1-10-4-5-21-18(22-10)27-9-12-7-15(23)16(8-25-12)26-17(24)11-2-3-13(19)14(20)6-11/h2-8H,9H2,1H3. The quantitative estimate of drug-likeness (QED) is 0.374. The molecule has 0 spiro atoms. The van der Waals surface area contributed by atoms with E-state index in [4.69, 9.17) is 9.15 Å². The van der Waals surface area contributed by atoms with Crippen LogP contribution < -0.4 is 10.2 Å². The molecule has 0 atom stereocenters. The van der Waals surface area contributed by atoms with Crippen LogP contribution >= 0.6 is 11.8 Å². The highest BCUT2D eigenvalue weighted by Gasteiger charge is 2.15. The Morgan fingerprint density at radius 3 is 2.74 bits per heavy atom. The third kappa shape index (κ3) is 4.76. The highest BCUT2D eigenvalue weighted by Crippen LogP contribution is 2.19. The fourth-order valence-electron chi connectivity index (χ4n) is 2.00. The summed E-state index contributed by atoms with van der Waals surface area (Å²) in [5.74, 6) is -3.01. The Morgan fingerprint density at radius 1 is 1.22 bits per heavy atom. The van der Waals surface area contributed by atoms with Crippen molar-refractivity contribution in [2.75, 3.05) is 0 Å². The second kappa shape index (κ2) is 8.09. The number of benzene rings is 1. The molecule has 0 aliphatic carbocycles. The molecular weight excluding hydrogens is 378 g/mol. The van der Waals surface area contributed by atoms with Gasteiger partial charge in [-0.1, -0.05) is 11.8 Å². The van der Waals surface area contributed by atoms with Crippen LogP contribution in [0.5, 0.6) is 5.75 Å². The first-order valence-electron chi connectivity index (χ1n) is 7.64. The maximum Gasteiger partial charge on any atom is 0.343 e. The molecule has 0 unspecified atom stereocenters. The van der Waals surface area contributed by atoms with Crippen molar-refractivity contribution < 1.29 is 22.7 Å². The van der Waals surface area contributed by atoms with Gasteiger partial charge in [0, 0.05) is 18.0 Å². The van der Waals surface area contributed by atoms with E-state index in [0.29, 0.717) is 22.7 Å². The molecule has 0 bridgehead atoms. The van der Waals surface area contributed by atoms with Crippen LogP contribution in [0, 0.1) is 18.6 Å². The molecule has 2 heterocycles. The van der Waals surface area contributed by atoms with Crippen molar-refractivity contribution >= 4 is 17.7 Å². The molecule has 27 heavy (non-hydrogen) atoms. The lowest BCUT2D eigenvalue weighted by atomic mass is 10.2. The van der Waals surface area contributed by atoms with E-state index in [9.17, 15) is 18.4 Å². The van der Waals surface area contributed by atoms with Crippen LogP contribution in [0.2, 0.25) is 0 Å². The van der Waals surface area contributed by atoms with E-state index < -0.39 is 23.0 Å². The molecule has 0 aliphatic rings. The number of nitrogens with zero attached hydrogens (tertiary/aromatic N) is 2. The Hall–Kier alpha value is -3.07. The lowest BCUT2D eigenvalue weighted by Gasteiger charge is -2.05.